The van der Waals surface area contributed by atoms with E-state index in [0.29, 0.717) is 12.0 Å². The average molecular weight is 325 g/mol. The van der Waals surface area contributed by atoms with Crippen molar-refractivity contribution in [2.75, 3.05) is 19.6 Å². The predicted molar refractivity (Wildman–Crippen MR) is 93.6 cm³/mol. The maximum atomic E-state index is 12.0. The molecule has 5 heteroatoms. The van der Waals surface area contributed by atoms with Crippen LogP contribution in [-0.2, 0) is 4.74 Å². The third-order valence-electron chi connectivity index (χ3n) is 4.95. The molecule has 2 saturated heterocycles. The van der Waals surface area contributed by atoms with Crippen LogP contribution in [0.25, 0.3) is 0 Å². The average Bonchev–Trinajstić information content (AvgIpc) is 2.88. The van der Waals surface area contributed by atoms with Crippen molar-refractivity contribution in [3.63, 3.8) is 0 Å². The second kappa shape index (κ2) is 7.84. The van der Waals surface area contributed by atoms with Gasteiger partial charge in [0.1, 0.15) is 5.60 Å². The Hall–Kier alpha value is -0.810. The fourth-order valence-electron chi connectivity index (χ4n) is 3.62. The lowest BCUT2D eigenvalue weighted by molar-refractivity contribution is 0.0487. The minimum Gasteiger partial charge on any atom is -0.444 e. The van der Waals surface area contributed by atoms with Crippen molar-refractivity contribution in [1.82, 2.24) is 15.5 Å². The number of piperidine rings is 1. The lowest BCUT2D eigenvalue weighted by Gasteiger charge is -2.36. The van der Waals surface area contributed by atoms with Gasteiger partial charge in [-0.05, 0) is 65.5 Å². The molecule has 2 aliphatic heterocycles. The van der Waals surface area contributed by atoms with E-state index in [1.165, 1.54) is 38.8 Å². The number of carbonyl (C=O) groups excluding carboxylic acids is 1. The van der Waals surface area contributed by atoms with Crippen LogP contribution in [0, 0.1) is 5.92 Å². The molecule has 2 heterocycles. The molecule has 0 aromatic carbocycles. The Morgan fingerprint density at radius 1 is 1.26 bits per heavy atom. The first-order chi connectivity index (χ1) is 10.7. The molecule has 3 unspecified atom stereocenters. The predicted octanol–water partition coefficient (Wildman–Crippen LogP) is 2.75. The minimum absolute atomic E-state index is 0.103. The normalized spacial score (nSPS) is 26.9. The number of hydrogen-bond acceptors (Lipinski definition) is 4. The molecule has 2 aliphatic rings. The second-order valence-corrected chi connectivity index (χ2v) is 8.46. The topological polar surface area (TPSA) is 53.6 Å². The summed E-state index contributed by atoms with van der Waals surface area (Å²) in [7, 11) is 0. The highest BCUT2D eigenvalue weighted by Crippen LogP contribution is 2.26. The molecule has 2 N–H and O–H groups in total. The van der Waals surface area contributed by atoms with Crippen molar-refractivity contribution >= 4 is 6.09 Å². The molecule has 23 heavy (non-hydrogen) atoms. The van der Waals surface area contributed by atoms with Gasteiger partial charge in [-0.15, -0.1) is 0 Å². The van der Waals surface area contributed by atoms with E-state index in [4.69, 9.17) is 4.74 Å². The summed E-state index contributed by atoms with van der Waals surface area (Å²) in [6.45, 7) is 13.3. The summed E-state index contributed by atoms with van der Waals surface area (Å²) in [6.07, 6.45) is 4.85. The van der Waals surface area contributed by atoms with Crippen LogP contribution in [0.5, 0.6) is 0 Å². The Morgan fingerprint density at radius 3 is 2.65 bits per heavy atom. The Balaban J connectivity index is 1.77. The summed E-state index contributed by atoms with van der Waals surface area (Å²) in [5.74, 6) is 0.376. The number of rotatable bonds is 5. The molecule has 1 amide bonds. The monoisotopic (exact) mass is 325 g/mol. The zero-order valence-electron chi connectivity index (χ0n) is 15.5. The Kier molecular flexibility index (Phi) is 6.32. The zero-order valence-corrected chi connectivity index (χ0v) is 15.5. The number of hydrogen-bond donors (Lipinski definition) is 2. The van der Waals surface area contributed by atoms with Gasteiger partial charge in [0, 0.05) is 24.7 Å². The van der Waals surface area contributed by atoms with E-state index < -0.39 is 5.60 Å². The maximum absolute atomic E-state index is 12.0. The maximum Gasteiger partial charge on any atom is 0.407 e. The molecule has 0 aromatic heterocycles. The fourth-order valence-corrected chi connectivity index (χ4v) is 3.62. The van der Waals surface area contributed by atoms with Crippen LogP contribution in [0.3, 0.4) is 0 Å². The smallest absolute Gasteiger partial charge is 0.407 e. The number of alkyl carbamates (subject to hydrolysis) is 1. The highest BCUT2D eigenvalue weighted by Gasteiger charge is 2.32. The molecule has 0 saturated carbocycles. The van der Waals surface area contributed by atoms with Crippen LogP contribution in [-0.4, -0.2) is 54.4 Å². The van der Waals surface area contributed by atoms with Gasteiger partial charge in [0.2, 0.25) is 0 Å². The largest absolute Gasteiger partial charge is 0.444 e. The van der Waals surface area contributed by atoms with Crippen molar-refractivity contribution in [3.8, 4) is 0 Å². The van der Waals surface area contributed by atoms with Crippen LogP contribution in [0.4, 0.5) is 4.79 Å². The summed E-state index contributed by atoms with van der Waals surface area (Å²) in [4.78, 5) is 14.6. The number of carbonyl (C=O) groups is 1. The summed E-state index contributed by atoms with van der Waals surface area (Å²) in [5, 5.41) is 6.71. The Labute approximate surface area is 141 Å². The number of nitrogens with zero attached hydrogens (tertiary/aromatic N) is 1. The molecule has 0 spiro atoms. The summed E-state index contributed by atoms with van der Waals surface area (Å²) in [6, 6.07) is 1.46. The molecule has 0 radical (unpaired) electrons. The van der Waals surface area contributed by atoms with Gasteiger partial charge < -0.3 is 20.3 Å². The van der Waals surface area contributed by atoms with E-state index in [9.17, 15) is 4.79 Å². The van der Waals surface area contributed by atoms with E-state index in [1.54, 1.807) is 0 Å². The molecular formula is C18H35N3O2. The van der Waals surface area contributed by atoms with Gasteiger partial charge >= 0.3 is 6.09 Å². The Morgan fingerprint density at radius 2 is 2.00 bits per heavy atom. The van der Waals surface area contributed by atoms with Gasteiger partial charge in [-0.1, -0.05) is 13.8 Å². The molecule has 0 aromatic rings. The number of nitrogens with one attached hydrogen (secondary N) is 2. The molecule has 2 rings (SSSR count). The quantitative estimate of drug-likeness (QED) is 0.816. The van der Waals surface area contributed by atoms with E-state index in [2.05, 4.69) is 29.4 Å². The van der Waals surface area contributed by atoms with E-state index in [-0.39, 0.29) is 12.1 Å². The molecule has 134 valence electrons. The van der Waals surface area contributed by atoms with Crippen LogP contribution in [0.15, 0.2) is 0 Å². The van der Waals surface area contributed by atoms with Crippen LogP contribution in [0.1, 0.15) is 60.3 Å². The van der Waals surface area contributed by atoms with Crippen LogP contribution in [0.2, 0.25) is 0 Å². The first kappa shape index (κ1) is 18.5. The van der Waals surface area contributed by atoms with Crippen molar-refractivity contribution in [2.45, 2.75) is 84.0 Å². The summed E-state index contributed by atoms with van der Waals surface area (Å²) >= 11 is 0. The van der Waals surface area contributed by atoms with Crippen LogP contribution >= 0.6 is 0 Å². The highest BCUT2D eigenvalue weighted by molar-refractivity contribution is 5.68. The number of fused-ring (bicyclic) bond motifs is 1. The van der Waals surface area contributed by atoms with Crippen molar-refractivity contribution in [2.24, 2.45) is 5.92 Å². The second-order valence-electron chi connectivity index (χ2n) is 8.46. The van der Waals surface area contributed by atoms with Gasteiger partial charge in [0.05, 0.1) is 0 Å². The molecule has 2 fully saturated rings. The van der Waals surface area contributed by atoms with Crippen molar-refractivity contribution < 1.29 is 9.53 Å². The van der Waals surface area contributed by atoms with Gasteiger partial charge in [-0.2, -0.15) is 0 Å². The van der Waals surface area contributed by atoms with Gasteiger partial charge in [-0.25, -0.2) is 4.79 Å². The van der Waals surface area contributed by atoms with Gasteiger partial charge in [-0.3, -0.25) is 0 Å². The minimum atomic E-state index is -0.450. The molecule has 3 atom stereocenters. The van der Waals surface area contributed by atoms with Crippen molar-refractivity contribution in [3.05, 3.63) is 0 Å². The lowest BCUT2D eigenvalue weighted by Crippen LogP contribution is -2.51. The molecule has 5 nitrogen and oxygen atoms in total. The molecular weight excluding hydrogens is 290 g/mol. The van der Waals surface area contributed by atoms with Gasteiger partial charge in [0.25, 0.3) is 0 Å². The zero-order chi connectivity index (χ0) is 17.0. The van der Waals surface area contributed by atoms with E-state index >= 15 is 0 Å². The van der Waals surface area contributed by atoms with Crippen molar-refractivity contribution in [1.29, 1.82) is 0 Å². The molecule has 0 bridgehead atoms. The SMILES string of the molecule is CC(C)C(CNC1CCN2CCCC2C1)NC(=O)OC(C)(C)C. The highest BCUT2D eigenvalue weighted by atomic mass is 16.6. The standard InChI is InChI=1S/C18H35N3O2/c1-13(2)16(20-17(22)23-18(3,4)5)12-19-14-8-10-21-9-6-7-15(21)11-14/h13-16,19H,6-12H2,1-5H3,(H,20,22). The van der Waals surface area contributed by atoms with Gasteiger partial charge in [0.15, 0.2) is 0 Å². The molecule has 0 aliphatic carbocycles. The lowest BCUT2D eigenvalue weighted by atomic mass is 9.96. The first-order valence-corrected chi connectivity index (χ1v) is 9.21. The first-order valence-electron chi connectivity index (χ1n) is 9.21. The third kappa shape index (κ3) is 5.96. The summed E-state index contributed by atoms with van der Waals surface area (Å²) in [5.41, 5.74) is -0.450. The fraction of sp³-hybridized carbons (Fsp3) is 0.944. The van der Waals surface area contributed by atoms with Crippen LogP contribution < -0.4 is 10.6 Å². The Bertz CT molecular complexity index is 392. The van der Waals surface area contributed by atoms with E-state index in [0.717, 1.165) is 12.6 Å². The van der Waals surface area contributed by atoms with E-state index in [1.807, 2.05) is 20.8 Å². The number of amides is 1. The summed E-state index contributed by atoms with van der Waals surface area (Å²) < 4.78 is 5.38. The third-order valence-corrected chi connectivity index (χ3v) is 4.95. The number of ether oxygens (including phenoxy) is 1.